The number of aromatic nitrogens is 3. The van der Waals surface area contributed by atoms with Gasteiger partial charge < -0.3 is 15.1 Å². The smallest absolute Gasteiger partial charge is 0.230 e. The summed E-state index contributed by atoms with van der Waals surface area (Å²) in [4.78, 5) is 14.8. The van der Waals surface area contributed by atoms with Crippen molar-refractivity contribution in [3.8, 4) is 11.6 Å². The molecule has 2 aromatic heterocycles. The minimum atomic E-state index is 0.213. The number of halogens is 1. The summed E-state index contributed by atoms with van der Waals surface area (Å²) >= 11 is 3.39. The lowest BCUT2D eigenvalue weighted by atomic mass is 10.4. The average Bonchev–Trinajstić information content (AvgIpc) is 2.98. The van der Waals surface area contributed by atoms with Crippen molar-refractivity contribution >= 4 is 27.8 Å². The van der Waals surface area contributed by atoms with E-state index in [9.17, 15) is 0 Å². The molecule has 0 bridgehead atoms. The Morgan fingerprint density at radius 3 is 2.67 bits per heavy atom. The van der Waals surface area contributed by atoms with Crippen molar-refractivity contribution < 1.29 is 4.42 Å². The third-order valence-corrected chi connectivity index (χ3v) is 3.47. The van der Waals surface area contributed by atoms with Gasteiger partial charge in [0.2, 0.25) is 17.7 Å². The Hall–Kier alpha value is -1.63. The van der Waals surface area contributed by atoms with Crippen LogP contribution in [0.25, 0.3) is 11.6 Å². The van der Waals surface area contributed by atoms with Gasteiger partial charge in [-0.25, -0.2) is 0 Å². The summed E-state index contributed by atoms with van der Waals surface area (Å²) in [6.07, 6.45) is 3.89. The third-order valence-electron chi connectivity index (χ3n) is 2.85. The molecule has 3 heterocycles. The van der Waals surface area contributed by atoms with Crippen LogP contribution in [0, 0.1) is 0 Å². The van der Waals surface area contributed by atoms with Gasteiger partial charge in [-0.15, -0.1) is 0 Å². The molecular weight excluding hydrogens is 298 g/mol. The van der Waals surface area contributed by atoms with Gasteiger partial charge in [0.05, 0.1) is 10.7 Å². The highest BCUT2D eigenvalue weighted by Crippen LogP contribution is 2.28. The molecule has 1 fully saturated rings. The average molecular weight is 310 g/mol. The first-order valence-electron chi connectivity index (χ1n) is 5.74. The molecular formula is C11H12BrN5O. The van der Waals surface area contributed by atoms with Crippen LogP contribution in [0.1, 0.15) is 12.8 Å². The van der Waals surface area contributed by atoms with E-state index >= 15 is 0 Å². The monoisotopic (exact) mass is 309 g/mol. The minimum absolute atomic E-state index is 0.213. The maximum atomic E-state index is 5.74. The summed E-state index contributed by atoms with van der Waals surface area (Å²) in [6, 6.07) is 1.80. The first-order chi connectivity index (χ1) is 8.74. The van der Waals surface area contributed by atoms with Gasteiger partial charge in [0.15, 0.2) is 5.76 Å². The first kappa shape index (κ1) is 11.5. The molecule has 3 rings (SSSR count). The van der Waals surface area contributed by atoms with Crippen molar-refractivity contribution in [2.75, 3.05) is 23.7 Å². The molecule has 18 heavy (non-hydrogen) atoms. The van der Waals surface area contributed by atoms with Crippen LogP contribution in [-0.4, -0.2) is 28.0 Å². The Balaban J connectivity index is 2.03. The fraction of sp³-hybridized carbons (Fsp3) is 0.364. The van der Waals surface area contributed by atoms with E-state index < -0.39 is 0 Å². The molecule has 0 aliphatic carbocycles. The predicted octanol–water partition coefficient (Wildman–Crippen LogP) is 2.08. The van der Waals surface area contributed by atoms with E-state index in [0.29, 0.717) is 17.5 Å². The second-order valence-electron chi connectivity index (χ2n) is 4.11. The molecule has 1 aliphatic rings. The van der Waals surface area contributed by atoms with E-state index in [2.05, 4.69) is 35.8 Å². The van der Waals surface area contributed by atoms with Crippen LogP contribution in [0.5, 0.6) is 0 Å². The standard InChI is InChI=1S/C11H12BrN5O/c12-7-3-6-18-8(7)9-14-10(13)16-11(15-9)17-4-1-2-5-17/h3,6H,1-2,4-5H2,(H2,13,14,15,16). The van der Waals surface area contributed by atoms with Crippen molar-refractivity contribution in [1.82, 2.24) is 15.0 Å². The van der Waals surface area contributed by atoms with Gasteiger partial charge >= 0.3 is 0 Å². The largest absolute Gasteiger partial charge is 0.460 e. The van der Waals surface area contributed by atoms with Crippen molar-refractivity contribution in [2.45, 2.75) is 12.8 Å². The molecule has 1 saturated heterocycles. The topological polar surface area (TPSA) is 81.1 Å². The van der Waals surface area contributed by atoms with E-state index in [1.54, 1.807) is 12.3 Å². The normalized spacial score (nSPS) is 15.3. The quantitative estimate of drug-likeness (QED) is 0.914. The maximum absolute atomic E-state index is 5.74. The van der Waals surface area contributed by atoms with Crippen LogP contribution in [0.2, 0.25) is 0 Å². The lowest BCUT2D eigenvalue weighted by Crippen LogP contribution is -2.21. The zero-order valence-corrected chi connectivity index (χ0v) is 11.2. The van der Waals surface area contributed by atoms with E-state index in [1.807, 2.05) is 0 Å². The highest BCUT2D eigenvalue weighted by Gasteiger charge is 2.19. The molecule has 0 radical (unpaired) electrons. The van der Waals surface area contributed by atoms with Gasteiger partial charge in [0, 0.05) is 13.1 Å². The van der Waals surface area contributed by atoms with E-state index in [0.717, 1.165) is 30.4 Å². The molecule has 7 heteroatoms. The van der Waals surface area contributed by atoms with Gasteiger partial charge in [-0.2, -0.15) is 15.0 Å². The third kappa shape index (κ3) is 2.05. The fourth-order valence-electron chi connectivity index (χ4n) is 1.99. The van der Waals surface area contributed by atoms with Crippen LogP contribution in [0.3, 0.4) is 0 Å². The zero-order chi connectivity index (χ0) is 12.5. The summed E-state index contributed by atoms with van der Waals surface area (Å²) in [6.45, 7) is 1.92. The van der Waals surface area contributed by atoms with Crippen LogP contribution in [0.4, 0.5) is 11.9 Å². The Morgan fingerprint density at radius 1 is 1.22 bits per heavy atom. The van der Waals surface area contributed by atoms with Gasteiger partial charge in [0.25, 0.3) is 0 Å². The van der Waals surface area contributed by atoms with Crippen molar-refractivity contribution in [2.24, 2.45) is 0 Å². The number of rotatable bonds is 2. The highest BCUT2D eigenvalue weighted by atomic mass is 79.9. The minimum Gasteiger partial charge on any atom is -0.460 e. The van der Waals surface area contributed by atoms with Gasteiger partial charge in [0.1, 0.15) is 0 Å². The summed E-state index contributed by atoms with van der Waals surface area (Å²) in [5, 5.41) is 0. The number of anilines is 2. The van der Waals surface area contributed by atoms with Crippen LogP contribution >= 0.6 is 15.9 Å². The Labute approximate surface area is 112 Å². The molecule has 1 aliphatic heterocycles. The molecule has 0 unspecified atom stereocenters. The van der Waals surface area contributed by atoms with E-state index in [-0.39, 0.29) is 5.95 Å². The molecule has 2 N–H and O–H groups in total. The molecule has 94 valence electrons. The van der Waals surface area contributed by atoms with Crippen molar-refractivity contribution in [1.29, 1.82) is 0 Å². The molecule has 0 atom stereocenters. The number of hydrogen-bond acceptors (Lipinski definition) is 6. The van der Waals surface area contributed by atoms with Crippen molar-refractivity contribution in [3.05, 3.63) is 16.8 Å². The summed E-state index contributed by atoms with van der Waals surface area (Å²) in [5.41, 5.74) is 5.74. The predicted molar refractivity (Wildman–Crippen MR) is 71.1 cm³/mol. The SMILES string of the molecule is Nc1nc(-c2occc2Br)nc(N2CCCC2)n1. The molecule has 6 nitrogen and oxygen atoms in total. The number of nitrogens with two attached hydrogens (primary N) is 1. The molecule has 0 aromatic carbocycles. The van der Waals surface area contributed by atoms with E-state index in [4.69, 9.17) is 10.2 Å². The lowest BCUT2D eigenvalue weighted by Gasteiger charge is -2.15. The molecule has 0 saturated carbocycles. The van der Waals surface area contributed by atoms with Crippen LogP contribution in [-0.2, 0) is 0 Å². The highest BCUT2D eigenvalue weighted by molar-refractivity contribution is 9.10. The molecule has 2 aromatic rings. The second-order valence-corrected chi connectivity index (χ2v) is 4.96. The van der Waals surface area contributed by atoms with Crippen molar-refractivity contribution in [3.63, 3.8) is 0 Å². The van der Waals surface area contributed by atoms with Crippen LogP contribution < -0.4 is 10.6 Å². The summed E-state index contributed by atoms with van der Waals surface area (Å²) in [7, 11) is 0. The number of nitrogens with zero attached hydrogens (tertiary/aromatic N) is 4. The molecule has 0 spiro atoms. The van der Waals surface area contributed by atoms with E-state index in [1.165, 1.54) is 0 Å². The van der Waals surface area contributed by atoms with Gasteiger partial charge in [-0.1, -0.05) is 0 Å². The Kier molecular flexibility index (Phi) is 2.91. The second kappa shape index (κ2) is 4.56. The number of nitrogen functional groups attached to an aromatic ring is 1. The zero-order valence-electron chi connectivity index (χ0n) is 9.64. The van der Waals surface area contributed by atoms with Gasteiger partial charge in [-0.3, -0.25) is 0 Å². The number of hydrogen-bond donors (Lipinski definition) is 1. The lowest BCUT2D eigenvalue weighted by molar-refractivity contribution is 0.575. The Morgan fingerprint density at radius 2 is 2.00 bits per heavy atom. The van der Waals surface area contributed by atoms with Crippen LogP contribution in [0.15, 0.2) is 21.2 Å². The van der Waals surface area contributed by atoms with Gasteiger partial charge in [-0.05, 0) is 34.8 Å². The summed E-state index contributed by atoms with van der Waals surface area (Å²) < 4.78 is 6.16. The first-order valence-corrected chi connectivity index (χ1v) is 6.53. The Bertz CT molecular complexity index is 564. The summed E-state index contributed by atoms with van der Waals surface area (Å²) in [5.74, 6) is 1.87. The fourth-order valence-corrected chi connectivity index (χ4v) is 2.37. The maximum Gasteiger partial charge on any atom is 0.230 e. The molecule has 0 amide bonds. The number of furan rings is 1.